The number of esters is 2. The molecule has 3 amide bonds. The number of hydrogen-bond acceptors (Lipinski definition) is 13. The summed E-state index contributed by atoms with van der Waals surface area (Å²) < 4.78 is 9.98. The smallest absolute Gasteiger partial charge is 0.357 e. The van der Waals surface area contributed by atoms with E-state index in [2.05, 4.69) is 20.8 Å². The van der Waals surface area contributed by atoms with E-state index in [9.17, 15) is 24.0 Å². The lowest BCUT2D eigenvalue weighted by atomic mass is 9.98. The fraction of sp³-hybridized carbons (Fsp3) is 0.522. The van der Waals surface area contributed by atoms with Gasteiger partial charge in [-0.25, -0.2) is 9.78 Å². The second kappa shape index (κ2) is 13.9. The fourth-order valence-electron chi connectivity index (χ4n) is 3.16. The molecule has 14 nitrogen and oxygen atoms in total. The van der Waals surface area contributed by atoms with Crippen LogP contribution in [-0.2, 0) is 38.3 Å². The number of ether oxygens (including phenoxy) is 2. The van der Waals surface area contributed by atoms with Crippen LogP contribution in [0.15, 0.2) is 22.3 Å². The number of halogens is 1. The van der Waals surface area contributed by atoms with Crippen LogP contribution in [0.1, 0.15) is 40.3 Å². The van der Waals surface area contributed by atoms with E-state index in [-0.39, 0.29) is 41.2 Å². The average Bonchev–Trinajstić information content (AvgIpc) is 3.33. The van der Waals surface area contributed by atoms with E-state index < -0.39 is 59.3 Å². The molecule has 4 N–H and O–H groups in total. The molecule has 1 aromatic rings. The molecule has 0 aliphatic carbocycles. The third kappa shape index (κ3) is 7.71. The number of nitrogens with one attached hydrogen (secondary N) is 2. The number of aromatic nitrogens is 1. The summed E-state index contributed by atoms with van der Waals surface area (Å²) in [6, 6.07) is -1.71. The van der Waals surface area contributed by atoms with Crippen molar-refractivity contribution in [1.82, 2.24) is 15.2 Å². The molecule has 1 saturated heterocycles. The molecule has 2 aliphatic rings. The van der Waals surface area contributed by atoms with E-state index in [4.69, 9.17) is 20.0 Å². The molecule has 2 aliphatic heterocycles. The van der Waals surface area contributed by atoms with Gasteiger partial charge in [0.2, 0.25) is 12.7 Å². The van der Waals surface area contributed by atoms with E-state index in [1.54, 1.807) is 27.7 Å². The van der Waals surface area contributed by atoms with Crippen molar-refractivity contribution in [3.05, 3.63) is 22.8 Å². The molecule has 3 rings (SSSR count). The Morgan fingerprint density at radius 3 is 2.60 bits per heavy atom. The van der Waals surface area contributed by atoms with Crippen molar-refractivity contribution in [3.8, 4) is 0 Å². The molecule has 0 spiro atoms. The predicted molar refractivity (Wildman–Crippen MR) is 149 cm³/mol. The van der Waals surface area contributed by atoms with Gasteiger partial charge in [0, 0.05) is 11.1 Å². The molecule has 3 atom stereocenters. The number of hydrogen-bond donors (Lipinski definition) is 3. The van der Waals surface area contributed by atoms with Gasteiger partial charge in [0.25, 0.3) is 11.8 Å². The minimum Gasteiger partial charge on any atom is -0.427 e. The van der Waals surface area contributed by atoms with Crippen molar-refractivity contribution in [2.75, 3.05) is 24.5 Å². The quantitative estimate of drug-likeness (QED) is 0.111. The zero-order valence-electron chi connectivity index (χ0n) is 22.4. The molecule has 40 heavy (non-hydrogen) atoms. The number of amides is 3. The first-order chi connectivity index (χ1) is 18.3. The second-order valence-corrected chi connectivity index (χ2v) is 11.4. The van der Waals surface area contributed by atoms with Gasteiger partial charge < -0.3 is 30.7 Å². The number of carbonyl (C=O) groups is 5. The van der Waals surface area contributed by atoms with Crippen LogP contribution >= 0.6 is 35.5 Å². The van der Waals surface area contributed by atoms with Crippen molar-refractivity contribution in [2.24, 2.45) is 16.3 Å². The number of anilines is 1. The van der Waals surface area contributed by atoms with Crippen molar-refractivity contribution in [1.29, 1.82) is 0 Å². The Morgan fingerprint density at radius 2 is 1.98 bits per heavy atom. The van der Waals surface area contributed by atoms with Gasteiger partial charge in [0.1, 0.15) is 29.4 Å². The molecule has 0 bridgehead atoms. The van der Waals surface area contributed by atoms with E-state index in [0.29, 0.717) is 5.75 Å². The summed E-state index contributed by atoms with van der Waals surface area (Å²) in [5, 5.41) is 10.1. The lowest BCUT2D eigenvalue weighted by Crippen LogP contribution is -2.70. The first kappa shape index (κ1) is 33.0. The third-order valence-electron chi connectivity index (χ3n) is 5.22. The highest BCUT2D eigenvalue weighted by Crippen LogP contribution is 2.38. The number of oxime groups is 1. The highest BCUT2D eigenvalue weighted by Gasteiger charge is 2.53. The molecule has 1 fully saturated rings. The Bertz CT molecular complexity index is 1210. The third-order valence-corrected chi connectivity index (χ3v) is 7.17. The molecular weight excluding hydrogens is 588 g/mol. The average molecular weight is 619 g/mol. The summed E-state index contributed by atoms with van der Waals surface area (Å²) in [6.45, 7) is 7.76. The SMILES string of the molecule is CCON=C(C(=O)NC1C(=O)N2C(C(=O)OCOC(=O)C(C)(C)C)=CCS[C@H]12)c1csc(NC(=O)[C@H](C)N)n1.Cl. The summed E-state index contributed by atoms with van der Waals surface area (Å²) in [5.41, 5.74) is 4.71. The lowest BCUT2D eigenvalue weighted by Gasteiger charge is -2.48. The number of β-lactam (4-membered cyclic amide) rings is 1. The highest BCUT2D eigenvalue weighted by molar-refractivity contribution is 8.00. The minimum atomic E-state index is -0.958. The maximum Gasteiger partial charge on any atom is 0.357 e. The summed E-state index contributed by atoms with van der Waals surface area (Å²) >= 11 is 2.40. The highest BCUT2D eigenvalue weighted by atomic mass is 35.5. The summed E-state index contributed by atoms with van der Waals surface area (Å²) in [5.74, 6) is -2.71. The van der Waals surface area contributed by atoms with Gasteiger partial charge in [0.05, 0.1) is 11.5 Å². The number of nitrogens with zero attached hydrogens (tertiary/aromatic N) is 3. The topological polar surface area (TPSA) is 192 Å². The molecule has 0 saturated carbocycles. The number of nitrogens with two attached hydrogens (primary N) is 1. The van der Waals surface area contributed by atoms with Crippen LogP contribution < -0.4 is 16.4 Å². The van der Waals surface area contributed by atoms with Gasteiger partial charge in [-0.3, -0.25) is 24.1 Å². The van der Waals surface area contributed by atoms with Crippen LogP contribution in [0.4, 0.5) is 5.13 Å². The molecule has 220 valence electrons. The molecule has 0 radical (unpaired) electrons. The Kier molecular flexibility index (Phi) is 11.5. The fourth-order valence-corrected chi connectivity index (χ4v) is 5.05. The van der Waals surface area contributed by atoms with Crippen molar-refractivity contribution in [3.63, 3.8) is 0 Å². The normalized spacial score (nSPS) is 19.1. The van der Waals surface area contributed by atoms with E-state index in [1.807, 2.05) is 0 Å². The molecule has 17 heteroatoms. The van der Waals surface area contributed by atoms with Crippen LogP contribution in [0.3, 0.4) is 0 Å². The Labute approximate surface area is 244 Å². The Balaban J connectivity index is 0.00000560. The van der Waals surface area contributed by atoms with Crippen molar-refractivity contribution in [2.45, 2.75) is 52.1 Å². The number of thioether (sulfide) groups is 1. The molecule has 0 aromatic carbocycles. The van der Waals surface area contributed by atoms with Gasteiger partial charge in [0.15, 0.2) is 10.8 Å². The van der Waals surface area contributed by atoms with Crippen LogP contribution in [0.2, 0.25) is 0 Å². The number of thiazole rings is 1. The number of fused-ring (bicyclic) bond motifs is 1. The molecule has 1 aromatic heterocycles. The van der Waals surface area contributed by atoms with Crippen molar-refractivity contribution < 1.29 is 38.3 Å². The Hall–Kier alpha value is -3.21. The first-order valence-electron chi connectivity index (χ1n) is 11.9. The van der Waals surface area contributed by atoms with Crippen LogP contribution in [0.25, 0.3) is 0 Å². The van der Waals surface area contributed by atoms with E-state index >= 15 is 0 Å². The van der Waals surface area contributed by atoms with Crippen LogP contribution in [-0.4, -0.2) is 81.9 Å². The largest absolute Gasteiger partial charge is 0.427 e. The lowest BCUT2D eigenvalue weighted by molar-refractivity contribution is -0.173. The van der Waals surface area contributed by atoms with Gasteiger partial charge in [-0.05, 0) is 40.7 Å². The maximum atomic E-state index is 13.1. The summed E-state index contributed by atoms with van der Waals surface area (Å²) in [6.07, 6.45) is 1.53. The summed E-state index contributed by atoms with van der Waals surface area (Å²) in [4.78, 5) is 72.8. The second-order valence-electron chi connectivity index (χ2n) is 9.38. The molecule has 1 unspecified atom stereocenters. The van der Waals surface area contributed by atoms with Gasteiger partial charge in [-0.2, -0.15) is 0 Å². The monoisotopic (exact) mass is 618 g/mol. The molecule has 3 heterocycles. The minimum absolute atomic E-state index is 0. The first-order valence-corrected chi connectivity index (χ1v) is 13.8. The van der Waals surface area contributed by atoms with Crippen LogP contribution in [0, 0.1) is 5.41 Å². The molecular formula is C23H31ClN6O8S2. The summed E-state index contributed by atoms with van der Waals surface area (Å²) in [7, 11) is 0. The number of carbonyl (C=O) groups excluding carboxylic acids is 5. The van der Waals surface area contributed by atoms with Gasteiger partial charge >= 0.3 is 11.9 Å². The van der Waals surface area contributed by atoms with Crippen LogP contribution in [0.5, 0.6) is 0 Å². The Morgan fingerprint density at radius 1 is 1.27 bits per heavy atom. The zero-order chi connectivity index (χ0) is 28.9. The van der Waals surface area contributed by atoms with E-state index in [0.717, 1.165) is 11.3 Å². The number of rotatable bonds is 10. The zero-order valence-corrected chi connectivity index (χ0v) is 24.9. The van der Waals surface area contributed by atoms with Gasteiger partial charge in [-0.1, -0.05) is 5.16 Å². The predicted octanol–water partition coefficient (Wildman–Crippen LogP) is 0.965. The van der Waals surface area contributed by atoms with Crippen molar-refractivity contribution >= 4 is 76.0 Å². The standard InChI is InChI=1S/C23H30N6O8S2.ClH/c1-6-37-28-14(12-9-39-22(25-12)27-16(30)11(2)24)17(31)26-15-18(32)29-13(7-8-38-19(15)29)20(33)35-10-36-21(34)23(3,4)5;/h7,9,11,15,19H,6,8,10,24H2,1-5H3,(H,26,31)(H,25,27,30);1H/t11-,15?,19+;/m0./s1. The maximum absolute atomic E-state index is 13.1. The van der Waals surface area contributed by atoms with Gasteiger partial charge in [-0.15, -0.1) is 35.5 Å². The van der Waals surface area contributed by atoms with E-state index in [1.165, 1.54) is 35.0 Å².